The second kappa shape index (κ2) is 11.8. The largest absolute Gasteiger partial charge is 0.496 e. The first-order valence-corrected chi connectivity index (χ1v) is 7.34. The number of nitrogens with one attached hydrogen (secondary N) is 1. The predicted octanol–water partition coefficient (Wildman–Crippen LogP) is 2.12. The molecule has 6 heteroatoms. The van der Waals surface area contributed by atoms with Gasteiger partial charge in [0.1, 0.15) is 5.75 Å². The lowest BCUT2D eigenvalue weighted by molar-refractivity contribution is 0.0255. The van der Waals surface area contributed by atoms with Crippen LogP contribution < -0.4 is 10.1 Å². The van der Waals surface area contributed by atoms with Crippen molar-refractivity contribution in [2.24, 2.45) is 0 Å². The number of hydrogen-bond donors (Lipinski definition) is 1. The van der Waals surface area contributed by atoms with Crippen LogP contribution in [0.5, 0.6) is 5.75 Å². The molecule has 0 unspecified atom stereocenters. The third-order valence-electron chi connectivity index (χ3n) is 2.82. The van der Waals surface area contributed by atoms with Crippen molar-refractivity contribution in [1.29, 1.82) is 0 Å². The molecule has 0 aliphatic carbocycles. The van der Waals surface area contributed by atoms with Gasteiger partial charge in [-0.15, -0.1) is 0 Å². The van der Waals surface area contributed by atoms with E-state index in [1.54, 1.807) is 14.2 Å². The highest BCUT2D eigenvalue weighted by molar-refractivity contribution is 6.31. The van der Waals surface area contributed by atoms with Gasteiger partial charge in [-0.05, 0) is 12.1 Å². The van der Waals surface area contributed by atoms with E-state index in [0.29, 0.717) is 44.6 Å². The number of hydrogen-bond acceptors (Lipinski definition) is 5. The average molecular weight is 318 g/mol. The molecule has 0 amide bonds. The highest BCUT2D eigenvalue weighted by Gasteiger charge is 2.06. The van der Waals surface area contributed by atoms with Crippen molar-refractivity contribution in [3.8, 4) is 5.75 Å². The summed E-state index contributed by atoms with van der Waals surface area (Å²) in [4.78, 5) is 0. The molecule has 1 aromatic rings. The van der Waals surface area contributed by atoms with Gasteiger partial charge in [-0.3, -0.25) is 0 Å². The molecule has 21 heavy (non-hydrogen) atoms. The first-order valence-electron chi connectivity index (χ1n) is 6.96. The molecule has 0 saturated carbocycles. The number of ether oxygens (including phenoxy) is 4. The Labute approximate surface area is 131 Å². The van der Waals surface area contributed by atoms with E-state index < -0.39 is 0 Å². The second-order valence-electron chi connectivity index (χ2n) is 4.31. The van der Waals surface area contributed by atoms with E-state index >= 15 is 0 Å². The molecular weight excluding hydrogens is 294 g/mol. The van der Waals surface area contributed by atoms with Gasteiger partial charge in [0.2, 0.25) is 0 Å². The highest BCUT2D eigenvalue weighted by atomic mass is 35.5. The fourth-order valence-electron chi connectivity index (χ4n) is 1.72. The first kappa shape index (κ1) is 18.2. The van der Waals surface area contributed by atoms with Crippen molar-refractivity contribution in [1.82, 2.24) is 5.32 Å². The lowest BCUT2D eigenvalue weighted by Gasteiger charge is -2.11. The molecule has 0 spiro atoms. The third-order valence-corrected chi connectivity index (χ3v) is 3.18. The molecule has 0 aliphatic rings. The molecule has 0 heterocycles. The van der Waals surface area contributed by atoms with Gasteiger partial charge in [-0.1, -0.05) is 17.7 Å². The van der Waals surface area contributed by atoms with Crippen molar-refractivity contribution < 1.29 is 18.9 Å². The first-order chi connectivity index (χ1) is 10.3. The average Bonchev–Trinajstić information content (AvgIpc) is 2.50. The van der Waals surface area contributed by atoms with Crippen molar-refractivity contribution in [2.75, 3.05) is 53.8 Å². The summed E-state index contributed by atoms with van der Waals surface area (Å²) < 4.78 is 20.9. The Bertz CT molecular complexity index is 390. The minimum Gasteiger partial charge on any atom is -0.496 e. The van der Waals surface area contributed by atoms with E-state index in [9.17, 15) is 0 Å². The summed E-state index contributed by atoms with van der Waals surface area (Å²) in [6.45, 7) is 4.40. The van der Waals surface area contributed by atoms with Gasteiger partial charge in [-0.2, -0.15) is 0 Å². The summed E-state index contributed by atoms with van der Waals surface area (Å²) in [5.74, 6) is 0.794. The van der Waals surface area contributed by atoms with Gasteiger partial charge < -0.3 is 24.3 Å². The molecule has 120 valence electrons. The Kier molecular flexibility index (Phi) is 10.2. The molecule has 0 aliphatic heterocycles. The molecule has 0 fully saturated rings. The van der Waals surface area contributed by atoms with Crippen LogP contribution in [-0.2, 0) is 20.8 Å². The van der Waals surface area contributed by atoms with Crippen LogP contribution in [0.4, 0.5) is 0 Å². The SMILES string of the molecule is COCCOCCOCCNCc1c(Cl)cccc1OC. The summed E-state index contributed by atoms with van der Waals surface area (Å²) in [5.41, 5.74) is 0.963. The van der Waals surface area contributed by atoms with Crippen molar-refractivity contribution >= 4 is 11.6 Å². The van der Waals surface area contributed by atoms with Crippen LogP contribution in [0.15, 0.2) is 18.2 Å². The van der Waals surface area contributed by atoms with E-state index in [1.165, 1.54) is 0 Å². The smallest absolute Gasteiger partial charge is 0.124 e. The van der Waals surface area contributed by atoms with Gasteiger partial charge in [0.25, 0.3) is 0 Å². The van der Waals surface area contributed by atoms with Crippen LogP contribution in [0, 0.1) is 0 Å². The molecule has 1 N–H and O–H groups in total. The van der Waals surface area contributed by atoms with E-state index in [4.69, 9.17) is 30.5 Å². The molecule has 1 rings (SSSR count). The number of benzene rings is 1. The maximum absolute atomic E-state index is 6.15. The van der Waals surface area contributed by atoms with Crippen LogP contribution in [-0.4, -0.2) is 53.8 Å². The second-order valence-corrected chi connectivity index (χ2v) is 4.72. The summed E-state index contributed by atoms with van der Waals surface area (Å²) in [6, 6.07) is 5.63. The number of rotatable bonds is 12. The Morgan fingerprint density at radius 1 is 1.00 bits per heavy atom. The Morgan fingerprint density at radius 2 is 1.71 bits per heavy atom. The van der Waals surface area contributed by atoms with E-state index in [2.05, 4.69) is 5.32 Å². The zero-order valence-electron chi connectivity index (χ0n) is 12.7. The fraction of sp³-hybridized carbons (Fsp3) is 0.600. The van der Waals surface area contributed by atoms with E-state index in [0.717, 1.165) is 17.9 Å². The molecular formula is C15H24ClNO4. The monoisotopic (exact) mass is 317 g/mol. The molecule has 0 bridgehead atoms. The van der Waals surface area contributed by atoms with Crippen LogP contribution in [0.1, 0.15) is 5.56 Å². The van der Waals surface area contributed by atoms with Gasteiger partial charge in [-0.25, -0.2) is 0 Å². The Hall–Kier alpha value is -0.850. The maximum atomic E-state index is 6.15. The van der Waals surface area contributed by atoms with Crippen LogP contribution >= 0.6 is 11.6 Å². The summed E-state index contributed by atoms with van der Waals surface area (Å²) >= 11 is 6.15. The lowest BCUT2D eigenvalue weighted by atomic mass is 10.2. The Morgan fingerprint density at radius 3 is 2.43 bits per heavy atom. The van der Waals surface area contributed by atoms with Gasteiger partial charge in [0, 0.05) is 30.8 Å². The maximum Gasteiger partial charge on any atom is 0.124 e. The molecule has 0 radical (unpaired) electrons. The van der Waals surface area contributed by atoms with Gasteiger partial charge in [0.15, 0.2) is 0 Å². The molecule has 0 atom stereocenters. The zero-order valence-corrected chi connectivity index (χ0v) is 13.4. The van der Waals surface area contributed by atoms with E-state index in [1.807, 2.05) is 18.2 Å². The third kappa shape index (κ3) is 7.64. The minimum atomic E-state index is 0.584. The van der Waals surface area contributed by atoms with Crippen LogP contribution in [0.3, 0.4) is 0 Å². The molecule has 0 aromatic heterocycles. The van der Waals surface area contributed by atoms with Crippen molar-refractivity contribution in [3.05, 3.63) is 28.8 Å². The van der Waals surface area contributed by atoms with E-state index in [-0.39, 0.29) is 0 Å². The topological polar surface area (TPSA) is 49.0 Å². The molecule has 1 aromatic carbocycles. The highest BCUT2D eigenvalue weighted by Crippen LogP contribution is 2.25. The molecule has 0 saturated heterocycles. The number of methoxy groups -OCH3 is 2. The zero-order chi connectivity index (χ0) is 15.3. The van der Waals surface area contributed by atoms with Crippen LogP contribution in [0.2, 0.25) is 5.02 Å². The summed E-state index contributed by atoms with van der Waals surface area (Å²) in [5, 5.41) is 3.98. The quantitative estimate of drug-likeness (QED) is 0.598. The standard InChI is InChI=1S/C15H24ClNO4/c1-18-8-9-21-11-10-20-7-6-17-12-13-14(16)4-3-5-15(13)19-2/h3-5,17H,6-12H2,1-2H3. The van der Waals surface area contributed by atoms with Gasteiger partial charge >= 0.3 is 0 Å². The Balaban J connectivity index is 2.07. The number of halogens is 1. The normalized spacial score (nSPS) is 10.8. The molecule has 5 nitrogen and oxygen atoms in total. The van der Waals surface area contributed by atoms with Crippen molar-refractivity contribution in [2.45, 2.75) is 6.54 Å². The van der Waals surface area contributed by atoms with Crippen LogP contribution in [0.25, 0.3) is 0 Å². The van der Waals surface area contributed by atoms with Gasteiger partial charge in [0.05, 0.1) is 40.1 Å². The minimum absolute atomic E-state index is 0.584. The predicted molar refractivity (Wildman–Crippen MR) is 83.2 cm³/mol. The fourth-order valence-corrected chi connectivity index (χ4v) is 1.96. The summed E-state index contributed by atoms with van der Waals surface area (Å²) in [7, 11) is 3.29. The lowest BCUT2D eigenvalue weighted by Crippen LogP contribution is -2.21. The van der Waals surface area contributed by atoms with Crippen molar-refractivity contribution in [3.63, 3.8) is 0 Å². The summed E-state index contributed by atoms with van der Waals surface area (Å²) in [6.07, 6.45) is 0.